The molecule has 0 spiro atoms. The number of anilines is 1. The monoisotopic (exact) mass is 268 g/mol. The van der Waals surface area contributed by atoms with E-state index in [9.17, 15) is 4.79 Å². The Hall–Kier alpha value is -2.61. The standard InChI is InChI=1S/C15H16N4O/c1-10(7-8-16)19(2)15(20)12-9-14(17)18-13-6-4-3-5-11(12)13/h3-6,9-10H,7H2,1-2H3,(H2,17,18). The number of carbonyl (C=O) groups is 1. The summed E-state index contributed by atoms with van der Waals surface area (Å²) in [6.45, 7) is 1.84. The first-order chi connectivity index (χ1) is 9.54. The summed E-state index contributed by atoms with van der Waals surface area (Å²) < 4.78 is 0. The molecule has 2 aromatic rings. The fraction of sp³-hybridized carbons (Fsp3) is 0.267. The number of nitrogens with two attached hydrogens (primary N) is 1. The maximum absolute atomic E-state index is 12.6. The third-order valence-electron chi connectivity index (χ3n) is 3.33. The third kappa shape index (κ3) is 2.54. The summed E-state index contributed by atoms with van der Waals surface area (Å²) >= 11 is 0. The van der Waals surface area contributed by atoms with Crippen LogP contribution in [0.2, 0.25) is 0 Å². The molecule has 2 rings (SSSR count). The molecule has 1 unspecified atom stereocenters. The van der Waals surface area contributed by atoms with Gasteiger partial charge in [-0.2, -0.15) is 5.26 Å². The highest BCUT2D eigenvalue weighted by atomic mass is 16.2. The summed E-state index contributed by atoms with van der Waals surface area (Å²) in [4.78, 5) is 18.3. The molecule has 1 heterocycles. The van der Waals surface area contributed by atoms with Crippen LogP contribution in [0.15, 0.2) is 30.3 Å². The highest BCUT2D eigenvalue weighted by molar-refractivity contribution is 6.06. The molecule has 1 atom stereocenters. The average molecular weight is 268 g/mol. The van der Waals surface area contributed by atoms with Crippen molar-refractivity contribution in [2.75, 3.05) is 12.8 Å². The molecule has 0 saturated carbocycles. The van der Waals surface area contributed by atoms with Crippen LogP contribution in [0.4, 0.5) is 5.82 Å². The van der Waals surface area contributed by atoms with E-state index in [0.717, 1.165) is 5.39 Å². The molecule has 1 amide bonds. The number of carbonyl (C=O) groups excluding carboxylic acids is 1. The molecule has 0 fully saturated rings. The second-order valence-corrected chi connectivity index (χ2v) is 4.74. The van der Waals surface area contributed by atoms with Crippen molar-refractivity contribution in [2.24, 2.45) is 0 Å². The molecular formula is C15H16N4O. The van der Waals surface area contributed by atoms with Crippen molar-refractivity contribution in [1.82, 2.24) is 9.88 Å². The van der Waals surface area contributed by atoms with E-state index in [0.29, 0.717) is 23.3 Å². The summed E-state index contributed by atoms with van der Waals surface area (Å²) in [6, 6.07) is 10.9. The lowest BCUT2D eigenvalue weighted by Crippen LogP contribution is -2.35. The van der Waals surface area contributed by atoms with Crippen LogP contribution in [0, 0.1) is 11.3 Å². The number of nitriles is 1. The van der Waals surface area contributed by atoms with Gasteiger partial charge in [0.1, 0.15) is 5.82 Å². The smallest absolute Gasteiger partial charge is 0.254 e. The summed E-state index contributed by atoms with van der Waals surface area (Å²) in [5.74, 6) is 0.159. The van der Waals surface area contributed by atoms with E-state index < -0.39 is 0 Å². The van der Waals surface area contributed by atoms with Gasteiger partial charge in [-0.15, -0.1) is 0 Å². The van der Waals surface area contributed by atoms with Crippen molar-refractivity contribution in [1.29, 1.82) is 5.26 Å². The summed E-state index contributed by atoms with van der Waals surface area (Å²) in [5, 5.41) is 9.50. The van der Waals surface area contributed by atoms with Gasteiger partial charge < -0.3 is 10.6 Å². The van der Waals surface area contributed by atoms with Crippen LogP contribution in [-0.4, -0.2) is 28.9 Å². The van der Waals surface area contributed by atoms with Crippen molar-refractivity contribution >= 4 is 22.6 Å². The summed E-state index contributed by atoms with van der Waals surface area (Å²) in [6.07, 6.45) is 0.292. The third-order valence-corrected chi connectivity index (χ3v) is 3.33. The Bertz CT molecular complexity index is 690. The van der Waals surface area contributed by atoms with E-state index in [1.165, 1.54) is 0 Å². The number of benzene rings is 1. The largest absolute Gasteiger partial charge is 0.384 e. The molecule has 5 heteroatoms. The molecule has 1 aromatic heterocycles. The van der Waals surface area contributed by atoms with E-state index in [2.05, 4.69) is 11.1 Å². The molecule has 0 aliphatic rings. The topological polar surface area (TPSA) is 83.0 Å². The Balaban J connectivity index is 2.47. The second-order valence-electron chi connectivity index (χ2n) is 4.74. The Morgan fingerprint density at radius 2 is 2.20 bits per heavy atom. The van der Waals surface area contributed by atoms with E-state index >= 15 is 0 Å². The predicted octanol–water partition coefficient (Wildman–Crippen LogP) is 2.19. The van der Waals surface area contributed by atoms with Crippen molar-refractivity contribution in [3.63, 3.8) is 0 Å². The fourth-order valence-corrected chi connectivity index (χ4v) is 2.03. The lowest BCUT2D eigenvalue weighted by molar-refractivity contribution is 0.0748. The maximum Gasteiger partial charge on any atom is 0.254 e. The van der Waals surface area contributed by atoms with Crippen molar-refractivity contribution in [3.8, 4) is 6.07 Å². The number of fused-ring (bicyclic) bond motifs is 1. The molecule has 5 nitrogen and oxygen atoms in total. The molecule has 1 aromatic carbocycles. The number of amides is 1. The van der Waals surface area contributed by atoms with Crippen LogP contribution in [0.1, 0.15) is 23.7 Å². The molecule has 0 aliphatic carbocycles. The normalized spacial score (nSPS) is 11.8. The van der Waals surface area contributed by atoms with Crippen molar-refractivity contribution < 1.29 is 4.79 Å². The van der Waals surface area contributed by atoms with Gasteiger partial charge in [-0.1, -0.05) is 18.2 Å². The number of pyridine rings is 1. The van der Waals surface area contributed by atoms with E-state index in [1.54, 1.807) is 18.0 Å². The van der Waals surface area contributed by atoms with Gasteiger partial charge in [-0.05, 0) is 19.1 Å². The highest BCUT2D eigenvalue weighted by Crippen LogP contribution is 2.21. The number of rotatable bonds is 3. The Morgan fingerprint density at radius 3 is 2.90 bits per heavy atom. The van der Waals surface area contributed by atoms with E-state index in [4.69, 9.17) is 11.0 Å². The number of nitrogen functional groups attached to an aromatic ring is 1. The van der Waals surface area contributed by atoms with Crippen LogP contribution in [-0.2, 0) is 0 Å². The van der Waals surface area contributed by atoms with Gasteiger partial charge in [0.15, 0.2) is 0 Å². The first-order valence-electron chi connectivity index (χ1n) is 6.34. The molecule has 0 saturated heterocycles. The molecule has 0 radical (unpaired) electrons. The molecule has 0 bridgehead atoms. The summed E-state index contributed by atoms with van der Waals surface area (Å²) in [7, 11) is 1.69. The van der Waals surface area contributed by atoms with Crippen LogP contribution in [0.5, 0.6) is 0 Å². The van der Waals surface area contributed by atoms with Gasteiger partial charge in [-0.3, -0.25) is 4.79 Å². The Morgan fingerprint density at radius 1 is 1.50 bits per heavy atom. The van der Waals surface area contributed by atoms with Crippen LogP contribution in [0.25, 0.3) is 10.9 Å². The van der Waals surface area contributed by atoms with Gasteiger partial charge in [-0.25, -0.2) is 4.98 Å². The average Bonchev–Trinajstić information content (AvgIpc) is 2.45. The minimum atomic E-state index is -0.155. The lowest BCUT2D eigenvalue weighted by Gasteiger charge is -2.23. The van der Waals surface area contributed by atoms with Crippen LogP contribution in [0.3, 0.4) is 0 Å². The van der Waals surface area contributed by atoms with Gasteiger partial charge in [0.05, 0.1) is 23.6 Å². The molecule has 2 N–H and O–H groups in total. The van der Waals surface area contributed by atoms with Crippen molar-refractivity contribution in [2.45, 2.75) is 19.4 Å². The molecule has 102 valence electrons. The molecule has 0 aliphatic heterocycles. The Kier molecular flexibility index (Phi) is 3.85. The van der Waals surface area contributed by atoms with Gasteiger partial charge in [0.2, 0.25) is 0 Å². The number of nitrogens with zero attached hydrogens (tertiary/aromatic N) is 3. The zero-order valence-corrected chi connectivity index (χ0v) is 11.5. The summed E-state index contributed by atoms with van der Waals surface area (Å²) in [5.41, 5.74) is 6.97. The Labute approximate surface area is 117 Å². The minimum Gasteiger partial charge on any atom is -0.384 e. The van der Waals surface area contributed by atoms with Gasteiger partial charge in [0, 0.05) is 18.5 Å². The minimum absolute atomic E-state index is 0.152. The zero-order valence-electron chi connectivity index (χ0n) is 11.5. The second kappa shape index (κ2) is 5.57. The SMILES string of the molecule is CC(CC#N)N(C)C(=O)c1cc(N)nc2ccccc12. The fourth-order valence-electron chi connectivity index (χ4n) is 2.03. The van der Waals surface area contributed by atoms with Gasteiger partial charge in [0.25, 0.3) is 5.91 Å². The number of para-hydroxylation sites is 1. The van der Waals surface area contributed by atoms with Crippen molar-refractivity contribution in [3.05, 3.63) is 35.9 Å². The quantitative estimate of drug-likeness (QED) is 0.924. The number of hydrogen-bond donors (Lipinski definition) is 1. The number of aromatic nitrogens is 1. The lowest BCUT2D eigenvalue weighted by atomic mass is 10.1. The zero-order chi connectivity index (χ0) is 14.7. The molecular weight excluding hydrogens is 252 g/mol. The van der Waals surface area contributed by atoms with E-state index in [1.807, 2.05) is 31.2 Å². The molecule has 20 heavy (non-hydrogen) atoms. The number of hydrogen-bond acceptors (Lipinski definition) is 4. The highest BCUT2D eigenvalue weighted by Gasteiger charge is 2.20. The predicted molar refractivity (Wildman–Crippen MR) is 77.9 cm³/mol. The first-order valence-corrected chi connectivity index (χ1v) is 6.34. The first kappa shape index (κ1) is 13.8. The van der Waals surface area contributed by atoms with Crippen LogP contribution >= 0.6 is 0 Å². The van der Waals surface area contributed by atoms with Gasteiger partial charge >= 0.3 is 0 Å². The van der Waals surface area contributed by atoms with Crippen LogP contribution < -0.4 is 5.73 Å². The van der Waals surface area contributed by atoms with E-state index in [-0.39, 0.29) is 11.9 Å². The maximum atomic E-state index is 12.6.